The predicted octanol–water partition coefficient (Wildman–Crippen LogP) is 3.68. The summed E-state index contributed by atoms with van der Waals surface area (Å²) in [5.74, 6) is -0.241. The summed E-state index contributed by atoms with van der Waals surface area (Å²) in [4.78, 5) is 12.6. The van der Waals surface area contributed by atoms with Crippen molar-refractivity contribution in [3.63, 3.8) is 0 Å². The van der Waals surface area contributed by atoms with Crippen LogP contribution in [0.25, 0.3) is 11.6 Å². The van der Waals surface area contributed by atoms with Gasteiger partial charge in [-0.1, -0.05) is 55.8 Å². The van der Waals surface area contributed by atoms with E-state index in [0.29, 0.717) is 19.4 Å². The Labute approximate surface area is 178 Å². The lowest BCUT2D eigenvalue weighted by molar-refractivity contribution is -0.122. The van der Waals surface area contributed by atoms with Crippen molar-refractivity contribution in [2.45, 2.75) is 56.4 Å². The van der Waals surface area contributed by atoms with Crippen LogP contribution in [0.1, 0.15) is 54.9 Å². The number of carbonyl (C=O) groups is 1. The fraction of sp³-hybridized carbons (Fsp3) is 0.375. The highest BCUT2D eigenvalue weighted by Gasteiger charge is 2.30. The molecule has 1 atom stereocenters. The Hall–Kier alpha value is -2.44. The van der Waals surface area contributed by atoms with Crippen LogP contribution in [0.2, 0.25) is 0 Å². The number of fused-ring (bicyclic) bond motifs is 1. The zero-order valence-corrected chi connectivity index (χ0v) is 18.1. The van der Waals surface area contributed by atoms with Gasteiger partial charge in [-0.2, -0.15) is 4.72 Å². The maximum Gasteiger partial charge on any atom is 0.241 e. The Balaban J connectivity index is 1.75. The Morgan fingerprint density at radius 1 is 1.10 bits per heavy atom. The molecular formula is C24H28N2O3S. The van der Waals surface area contributed by atoms with Gasteiger partial charge in [-0.3, -0.25) is 4.79 Å². The van der Waals surface area contributed by atoms with Crippen molar-refractivity contribution < 1.29 is 13.2 Å². The van der Waals surface area contributed by atoms with E-state index >= 15 is 0 Å². The summed E-state index contributed by atoms with van der Waals surface area (Å²) >= 11 is 0. The molecule has 0 unspecified atom stereocenters. The quantitative estimate of drug-likeness (QED) is 0.743. The minimum absolute atomic E-state index is 0.241. The molecule has 5 nitrogen and oxygen atoms in total. The number of aryl methyl sites for hydroxylation is 1. The molecule has 2 N–H and O–H groups in total. The van der Waals surface area contributed by atoms with E-state index in [1.165, 1.54) is 5.56 Å². The minimum atomic E-state index is -3.86. The van der Waals surface area contributed by atoms with Crippen LogP contribution >= 0.6 is 0 Å². The molecule has 4 rings (SSSR count). The van der Waals surface area contributed by atoms with Crippen LogP contribution in [-0.4, -0.2) is 26.9 Å². The number of hydrogen-bond donors (Lipinski definition) is 2. The van der Waals surface area contributed by atoms with E-state index in [1.54, 1.807) is 12.1 Å². The second-order valence-corrected chi connectivity index (χ2v) is 9.73. The molecule has 1 aliphatic heterocycles. The lowest BCUT2D eigenvalue weighted by Crippen LogP contribution is -2.45. The summed E-state index contributed by atoms with van der Waals surface area (Å²) in [6.07, 6.45) is 6.74. The molecular weight excluding hydrogens is 396 g/mol. The number of sulfonamides is 1. The third-order valence-electron chi connectivity index (χ3n) is 5.84. The van der Waals surface area contributed by atoms with Crippen molar-refractivity contribution in [1.82, 2.24) is 10.0 Å². The van der Waals surface area contributed by atoms with Gasteiger partial charge in [0.2, 0.25) is 15.9 Å². The molecule has 158 valence electrons. The smallest absolute Gasteiger partial charge is 0.241 e. The summed E-state index contributed by atoms with van der Waals surface area (Å²) in [5, 5.41) is 2.80. The molecule has 1 fully saturated rings. The average molecular weight is 425 g/mol. The number of rotatable bonds is 6. The monoisotopic (exact) mass is 424 g/mol. The standard InChI is InChI=1S/C24H28N2O3S/c1-2-8-17-11-7-13-22(23(17)20-15-18-9-3-4-10-19(18)16-20)30(28,29)26-21-12-5-6-14-25-24(21)27/h3-4,7,9-11,13,15,21,26H,2,5-6,8,12,14,16H2,1H3,(H,25,27)/t21-/m1/s1. The molecule has 0 bridgehead atoms. The fourth-order valence-corrected chi connectivity index (χ4v) is 5.90. The highest BCUT2D eigenvalue weighted by Crippen LogP contribution is 2.37. The van der Waals surface area contributed by atoms with Crippen molar-refractivity contribution in [3.8, 4) is 0 Å². The Kier molecular flexibility index (Phi) is 6.06. The Morgan fingerprint density at radius 3 is 2.73 bits per heavy atom. The molecule has 30 heavy (non-hydrogen) atoms. The van der Waals surface area contributed by atoms with Crippen molar-refractivity contribution in [3.05, 3.63) is 64.7 Å². The van der Waals surface area contributed by atoms with E-state index in [4.69, 9.17) is 0 Å². The number of benzene rings is 2. The van der Waals surface area contributed by atoms with Gasteiger partial charge in [0.05, 0.1) is 4.90 Å². The molecule has 1 heterocycles. The lowest BCUT2D eigenvalue weighted by atomic mass is 9.95. The van der Waals surface area contributed by atoms with E-state index in [-0.39, 0.29) is 10.8 Å². The van der Waals surface area contributed by atoms with Crippen LogP contribution in [0.3, 0.4) is 0 Å². The van der Waals surface area contributed by atoms with E-state index in [9.17, 15) is 13.2 Å². The predicted molar refractivity (Wildman–Crippen MR) is 119 cm³/mol. The Morgan fingerprint density at radius 2 is 1.93 bits per heavy atom. The van der Waals surface area contributed by atoms with Gasteiger partial charge in [0.15, 0.2) is 0 Å². The van der Waals surface area contributed by atoms with Gasteiger partial charge in [-0.15, -0.1) is 0 Å². The molecule has 2 aromatic carbocycles. The van der Waals surface area contributed by atoms with Crippen LogP contribution in [-0.2, 0) is 27.7 Å². The first-order valence-electron chi connectivity index (χ1n) is 10.7. The number of allylic oxidation sites excluding steroid dienone is 1. The third kappa shape index (κ3) is 4.20. The molecule has 0 aromatic heterocycles. The van der Waals surface area contributed by atoms with Crippen molar-refractivity contribution in [2.24, 2.45) is 0 Å². The summed E-state index contributed by atoms with van der Waals surface area (Å²) < 4.78 is 29.6. The van der Waals surface area contributed by atoms with Crippen molar-refractivity contribution >= 4 is 27.6 Å². The molecule has 0 saturated carbocycles. The fourth-order valence-electron chi connectivity index (χ4n) is 4.39. The van der Waals surface area contributed by atoms with Crippen LogP contribution in [0.15, 0.2) is 47.4 Å². The van der Waals surface area contributed by atoms with Crippen LogP contribution in [0.5, 0.6) is 0 Å². The first-order valence-corrected chi connectivity index (χ1v) is 12.2. The molecule has 0 radical (unpaired) electrons. The van der Waals surface area contributed by atoms with Crippen LogP contribution in [0, 0.1) is 0 Å². The SMILES string of the molecule is CCCc1cccc(S(=O)(=O)N[C@@H]2CCCCNC2=O)c1C1=Cc2ccccc2C1. The normalized spacial score (nSPS) is 19.0. The molecule has 1 saturated heterocycles. The summed E-state index contributed by atoms with van der Waals surface area (Å²) in [7, 11) is -3.86. The van der Waals surface area contributed by atoms with E-state index in [1.807, 2.05) is 18.2 Å². The molecule has 6 heteroatoms. The molecule has 2 aliphatic rings. The third-order valence-corrected chi connectivity index (χ3v) is 7.35. The van der Waals surface area contributed by atoms with Gasteiger partial charge >= 0.3 is 0 Å². The molecule has 1 aliphatic carbocycles. The lowest BCUT2D eigenvalue weighted by Gasteiger charge is -2.20. The van der Waals surface area contributed by atoms with E-state index in [0.717, 1.165) is 47.9 Å². The van der Waals surface area contributed by atoms with Crippen LogP contribution < -0.4 is 10.0 Å². The summed E-state index contributed by atoms with van der Waals surface area (Å²) in [6, 6.07) is 12.9. The van der Waals surface area contributed by atoms with Gasteiger partial charge in [0.1, 0.15) is 6.04 Å². The summed E-state index contributed by atoms with van der Waals surface area (Å²) in [6.45, 7) is 2.69. The average Bonchev–Trinajstić information content (AvgIpc) is 3.06. The topological polar surface area (TPSA) is 75.3 Å². The van der Waals surface area contributed by atoms with Gasteiger partial charge in [0.25, 0.3) is 0 Å². The molecule has 2 aromatic rings. The van der Waals surface area contributed by atoms with E-state index < -0.39 is 16.1 Å². The van der Waals surface area contributed by atoms with Gasteiger partial charge in [-0.05, 0) is 60.4 Å². The maximum absolute atomic E-state index is 13.4. The largest absolute Gasteiger partial charge is 0.355 e. The van der Waals surface area contributed by atoms with Crippen LogP contribution in [0.4, 0.5) is 0 Å². The zero-order chi connectivity index (χ0) is 21.1. The molecule has 0 spiro atoms. The van der Waals surface area contributed by atoms with Gasteiger partial charge in [-0.25, -0.2) is 8.42 Å². The van der Waals surface area contributed by atoms with E-state index in [2.05, 4.69) is 35.2 Å². The molecule has 1 amide bonds. The number of nitrogens with one attached hydrogen (secondary N) is 2. The highest BCUT2D eigenvalue weighted by atomic mass is 32.2. The van der Waals surface area contributed by atoms with Crippen molar-refractivity contribution in [2.75, 3.05) is 6.54 Å². The van der Waals surface area contributed by atoms with Gasteiger partial charge in [0, 0.05) is 12.1 Å². The minimum Gasteiger partial charge on any atom is -0.355 e. The first-order chi connectivity index (χ1) is 14.5. The van der Waals surface area contributed by atoms with Crippen molar-refractivity contribution in [1.29, 1.82) is 0 Å². The number of carbonyl (C=O) groups excluding carboxylic acids is 1. The zero-order valence-electron chi connectivity index (χ0n) is 17.3. The maximum atomic E-state index is 13.4. The second kappa shape index (κ2) is 8.74. The number of hydrogen-bond acceptors (Lipinski definition) is 3. The first kappa shape index (κ1) is 20.8. The van der Waals surface area contributed by atoms with Gasteiger partial charge < -0.3 is 5.32 Å². The second-order valence-electron chi connectivity index (χ2n) is 8.05. The summed E-state index contributed by atoms with van der Waals surface area (Å²) in [5.41, 5.74) is 5.18. The highest BCUT2D eigenvalue weighted by molar-refractivity contribution is 7.89. The Bertz CT molecular complexity index is 1090. The number of amides is 1.